The van der Waals surface area contributed by atoms with Gasteiger partial charge >= 0.3 is 11.8 Å². The third kappa shape index (κ3) is 8.67. The van der Waals surface area contributed by atoms with E-state index < -0.39 is 11.8 Å². The normalized spacial score (nSPS) is 9.65. The first kappa shape index (κ1) is 25.3. The highest BCUT2D eigenvalue weighted by atomic mass is 16.2. The van der Waals surface area contributed by atoms with E-state index >= 15 is 0 Å². The first-order valence-corrected chi connectivity index (χ1v) is 9.60. The van der Waals surface area contributed by atoms with Gasteiger partial charge in [-0.1, -0.05) is 24.3 Å². The van der Waals surface area contributed by atoms with Gasteiger partial charge < -0.3 is 21.5 Å². The standard InChI is InChI=1S/C21H24N4O4.CH4O/c1-15(27)25(14-26)19-8-4-17(5-9-19)11-13-24-21(29)20(28)23-12-10-16-2-6-18(22)7-3-16;1-2/h2-9,14H,10-13,22H2,1H3,(H,23,28)(H,24,29);2H,1H3. The molecule has 0 saturated carbocycles. The number of rotatable bonds is 8. The molecule has 2 aromatic carbocycles. The van der Waals surface area contributed by atoms with Crippen LogP contribution in [0, 0.1) is 0 Å². The van der Waals surface area contributed by atoms with E-state index in [1.807, 2.05) is 12.1 Å². The number of nitrogens with zero attached hydrogens (tertiary/aromatic N) is 1. The Morgan fingerprint density at radius 2 is 1.29 bits per heavy atom. The molecule has 31 heavy (non-hydrogen) atoms. The van der Waals surface area contributed by atoms with Crippen LogP contribution in [0.2, 0.25) is 0 Å². The van der Waals surface area contributed by atoms with Crippen LogP contribution in [0.15, 0.2) is 48.5 Å². The van der Waals surface area contributed by atoms with Crippen LogP contribution in [-0.2, 0) is 32.0 Å². The summed E-state index contributed by atoms with van der Waals surface area (Å²) in [7, 11) is 1.00. The number of hydrogen-bond donors (Lipinski definition) is 4. The second kappa shape index (κ2) is 13.5. The lowest BCUT2D eigenvalue weighted by Gasteiger charge is -2.13. The molecule has 9 heteroatoms. The molecule has 0 heterocycles. The van der Waals surface area contributed by atoms with E-state index in [1.54, 1.807) is 36.4 Å². The predicted molar refractivity (Wildman–Crippen MR) is 118 cm³/mol. The molecule has 5 N–H and O–H groups in total. The summed E-state index contributed by atoms with van der Waals surface area (Å²) in [4.78, 5) is 47.0. The number of imide groups is 1. The van der Waals surface area contributed by atoms with Crippen LogP contribution in [0.1, 0.15) is 18.1 Å². The van der Waals surface area contributed by atoms with E-state index in [-0.39, 0.29) is 12.5 Å². The summed E-state index contributed by atoms with van der Waals surface area (Å²) in [5.74, 6) is -1.75. The molecular formula is C22H28N4O5. The molecule has 0 aliphatic rings. The maximum absolute atomic E-state index is 11.9. The molecule has 2 rings (SSSR count). The van der Waals surface area contributed by atoms with E-state index in [0.29, 0.717) is 37.2 Å². The zero-order valence-corrected chi connectivity index (χ0v) is 17.6. The molecule has 4 amide bonds. The topological polar surface area (TPSA) is 142 Å². The number of nitrogens with one attached hydrogen (secondary N) is 2. The average molecular weight is 428 g/mol. The van der Waals surface area contributed by atoms with Gasteiger partial charge in [-0.25, -0.2) is 0 Å². The van der Waals surface area contributed by atoms with Crippen molar-refractivity contribution in [3.05, 3.63) is 59.7 Å². The smallest absolute Gasteiger partial charge is 0.309 e. The Balaban J connectivity index is 0.00000233. The summed E-state index contributed by atoms with van der Waals surface area (Å²) in [6.45, 7) is 1.94. The van der Waals surface area contributed by atoms with Gasteiger partial charge in [0.2, 0.25) is 12.3 Å². The zero-order chi connectivity index (χ0) is 23.2. The van der Waals surface area contributed by atoms with Crippen molar-refractivity contribution < 1.29 is 24.3 Å². The molecule has 0 spiro atoms. The fourth-order valence-corrected chi connectivity index (χ4v) is 2.63. The van der Waals surface area contributed by atoms with Gasteiger partial charge in [0.15, 0.2) is 0 Å². The predicted octanol–water partition coefficient (Wildman–Crippen LogP) is 0.404. The Labute approximate surface area is 181 Å². The van der Waals surface area contributed by atoms with Crippen molar-refractivity contribution in [3.63, 3.8) is 0 Å². The summed E-state index contributed by atoms with van der Waals surface area (Å²) >= 11 is 0. The molecule has 0 aliphatic carbocycles. The lowest BCUT2D eigenvalue weighted by Crippen LogP contribution is -2.41. The Morgan fingerprint density at radius 1 is 0.871 bits per heavy atom. The number of carbonyl (C=O) groups excluding carboxylic acids is 4. The number of aliphatic hydroxyl groups is 1. The summed E-state index contributed by atoms with van der Waals surface area (Å²) < 4.78 is 0. The minimum Gasteiger partial charge on any atom is -0.400 e. The number of anilines is 2. The minimum atomic E-state index is -0.692. The van der Waals surface area contributed by atoms with Crippen molar-refractivity contribution in [1.29, 1.82) is 0 Å². The maximum atomic E-state index is 11.9. The van der Waals surface area contributed by atoms with Crippen molar-refractivity contribution in [1.82, 2.24) is 10.6 Å². The Kier molecular flexibility index (Phi) is 11.0. The van der Waals surface area contributed by atoms with Crippen LogP contribution in [0.25, 0.3) is 0 Å². The first-order valence-electron chi connectivity index (χ1n) is 9.60. The number of nitrogen functional groups attached to an aromatic ring is 1. The van der Waals surface area contributed by atoms with Gasteiger partial charge in [0.1, 0.15) is 0 Å². The highest BCUT2D eigenvalue weighted by molar-refractivity contribution is 6.35. The molecule has 0 aliphatic heterocycles. The van der Waals surface area contributed by atoms with Crippen LogP contribution in [-0.4, -0.2) is 49.4 Å². The van der Waals surface area contributed by atoms with Gasteiger partial charge in [0.25, 0.3) is 0 Å². The first-order chi connectivity index (χ1) is 14.9. The lowest BCUT2D eigenvalue weighted by atomic mass is 10.1. The summed E-state index contributed by atoms with van der Waals surface area (Å²) in [5.41, 5.74) is 8.67. The minimum absolute atomic E-state index is 0.285. The van der Waals surface area contributed by atoms with Gasteiger partial charge in [-0.15, -0.1) is 0 Å². The second-order valence-corrected chi connectivity index (χ2v) is 6.41. The molecule has 0 fully saturated rings. The molecule has 0 bridgehead atoms. The lowest BCUT2D eigenvalue weighted by molar-refractivity contribution is -0.139. The highest BCUT2D eigenvalue weighted by Crippen LogP contribution is 2.14. The van der Waals surface area contributed by atoms with Crippen LogP contribution in [0.5, 0.6) is 0 Å². The number of aliphatic hydroxyl groups excluding tert-OH is 1. The van der Waals surface area contributed by atoms with Crippen molar-refractivity contribution in [3.8, 4) is 0 Å². The Hall–Kier alpha value is -3.72. The van der Waals surface area contributed by atoms with E-state index in [4.69, 9.17) is 10.8 Å². The molecule has 0 saturated heterocycles. The number of benzene rings is 2. The third-order valence-electron chi connectivity index (χ3n) is 4.24. The number of nitrogens with two attached hydrogens (primary N) is 1. The molecular weight excluding hydrogens is 400 g/mol. The molecule has 0 radical (unpaired) electrons. The Bertz CT molecular complexity index is 866. The molecule has 166 valence electrons. The summed E-state index contributed by atoms with van der Waals surface area (Å²) in [6.07, 6.45) is 1.57. The zero-order valence-electron chi connectivity index (χ0n) is 17.6. The fourth-order valence-electron chi connectivity index (χ4n) is 2.63. The van der Waals surface area contributed by atoms with Crippen molar-refractivity contribution >= 4 is 35.5 Å². The maximum Gasteiger partial charge on any atom is 0.309 e. The number of carbonyl (C=O) groups is 4. The van der Waals surface area contributed by atoms with Gasteiger partial charge in [0, 0.05) is 32.8 Å². The number of hydrogen-bond acceptors (Lipinski definition) is 6. The molecule has 0 unspecified atom stereocenters. The second-order valence-electron chi connectivity index (χ2n) is 6.41. The van der Waals surface area contributed by atoms with Crippen molar-refractivity contribution in [2.45, 2.75) is 19.8 Å². The van der Waals surface area contributed by atoms with Crippen LogP contribution < -0.4 is 21.3 Å². The SMILES string of the molecule is CC(=O)N(C=O)c1ccc(CCNC(=O)C(=O)NCCc2ccc(N)cc2)cc1.CO. The van der Waals surface area contributed by atoms with Gasteiger partial charge in [-0.2, -0.15) is 0 Å². The summed E-state index contributed by atoms with van der Waals surface area (Å²) in [6, 6.07) is 14.1. The monoisotopic (exact) mass is 428 g/mol. The largest absolute Gasteiger partial charge is 0.400 e. The molecule has 0 aromatic heterocycles. The van der Waals surface area contributed by atoms with Crippen LogP contribution >= 0.6 is 0 Å². The molecule has 2 aromatic rings. The quantitative estimate of drug-likeness (QED) is 0.272. The Morgan fingerprint density at radius 3 is 1.68 bits per heavy atom. The van der Waals surface area contributed by atoms with Crippen LogP contribution in [0.4, 0.5) is 11.4 Å². The third-order valence-corrected chi connectivity index (χ3v) is 4.24. The van der Waals surface area contributed by atoms with Crippen molar-refractivity contribution in [2.75, 3.05) is 30.8 Å². The van der Waals surface area contributed by atoms with E-state index in [9.17, 15) is 19.2 Å². The van der Waals surface area contributed by atoms with Gasteiger partial charge in [-0.3, -0.25) is 24.1 Å². The van der Waals surface area contributed by atoms with Crippen LogP contribution in [0.3, 0.4) is 0 Å². The van der Waals surface area contributed by atoms with Gasteiger partial charge in [-0.05, 0) is 48.2 Å². The average Bonchev–Trinajstić information content (AvgIpc) is 2.77. The fraction of sp³-hybridized carbons (Fsp3) is 0.273. The van der Waals surface area contributed by atoms with E-state index in [2.05, 4.69) is 10.6 Å². The molecule has 9 nitrogen and oxygen atoms in total. The number of amides is 4. The highest BCUT2D eigenvalue weighted by Gasteiger charge is 2.12. The molecule has 0 atom stereocenters. The van der Waals surface area contributed by atoms with E-state index in [0.717, 1.165) is 23.1 Å². The van der Waals surface area contributed by atoms with Crippen molar-refractivity contribution in [2.24, 2.45) is 0 Å². The van der Waals surface area contributed by atoms with E-state index in [1.165, 1.54) is 6.92 Å². The summed E-state index contributed by atoms with van der Waals surface area (Å²) in [5, 5.41) is 12.1. The van der Waals surface area contributed by atoms with Gasteiger partial charge in [0.05, 0.1) is 5.69 Å².